The topological polar surface area (TPSA) is 38.8 Å². The van der Waals surface area contributed by atoms with E-state index in [1.54, 1.807) is 0 Å². The van der Waals surface area contributed by atoms with Crippen molar-refractivity contribution in [1.82, 2.24) is 4.90 Å². The minimum absolute atomic E-state index is 0.00551. The van der Waals surface area contributed by atoms with Crippen LogP contribution in [0.1, 0.15) is 6.42 Å². The monoisotopic (exact) mass is 197 g/mol. The third kappa shape index (κ3) is 1.96. The van der Waals surface area contributed by atoms with Crippen LogP contribution in [0, 0.1) is 0 Å². The second kappa shape index (κ2) is 4.11. The summed E-state index contributed by atoms with van der Waals surface area (Å²) >= 11 is 0. The van der Waals surface area contributed by atoms with E-state index in [4.69, 9.17) is 9.47 Å². The fraction of sp³-hybridized carbons (Fsp3) is 0.700. The lowest BCUT2D eigenvalue weighted by molar-refractivity contribution is -0.134. The van der Waals surface area contributed by atoms with Crippen molar-refractivity contribution in [2.75, 3.05) is 33.4 Å². The SMILES string of the molecule is CN1CCOC(C(=O)C2=CCCO2)C1. The van der Waals surface area contributed by atoms with Crippen LogP contribution in [-0.4, -0.2) is 50.1 Å². The van der Waals surface area contributed by atoms with E-state index < -0.39 is 0 Å². The first-order valence-electron chi connectivity index (χ1n) is 4.94. The zero-order chi connectivity index (χ0) is 9.97. The van der Waals surface area contributed by atoms with Crippen molar-refractivity contribution >= 4 is 5.78 Å². The molecule has 2 aliphatic heterocycles. The van der Waals surface area contributed by atoms with Crippen LogP contribution in [0.2, 0.25) is 0 Å². The zero-order valence-corrected chi connectivity index (χ0v) is 8.36. The molecule has 78 valence electrons. The predicted octanol–water partition coefficient (Wildman–Crippen LogP) is 0.190. The van der Waals surface area contributed by atoms with Crippen molar-refractivity contribution in [1.29, 1.82) is 0 Å². The number of ketones is 1. The molecule has 2 heterocycles. The molecule has 2 aliphatic rings. The first-order chi connectivity index (χ1) is 6.77. The van der Waals surface area contributed by atoms with Crippen molar-refractivity contribution in [3.05, 3.63) is 11.8 Å². The molecule has 0 saturated carbocycles. The number of hydrogen-bond acceptors (Lipinski definition) is 4. The Labute approximate surface area is 83.5 Å². The molecule has 4 nitrogen and oxygen atoms in total. The molecule has 0 aromatic carbocycles. The molecule has 1 unspecified atom stereocenters. The number of Topliss-reactive ketones (excluding diaryl/α,β-unsaturated/α-hetero) is 1. The van der Waals surface area contributed by atoms with E-state index in [9.17, 15) is 4.79 Å². The summed E-state index contributed by atoms with van der Waals surface area (Å²) in [6.07, 6.45) is 2.35. The van der Waals surface area contributed by atoms with Gasteiger partial charge in [-0.05, 0) is 13.1 Å². The van der Waals surface area contributed by atoms with Crippen LogP contribution >= 0.6 is 0 Å². The van der Waals surface area contributed by atoms with Crippen molar-refractivity contribution < 1.29 is 14.3 Å². The molecular weight excluding hydrogens is 182 g/mol. The lowest BCUT2D eigenvalue weighted by atomic mass is 10.1. The Hall–Kier alpha value is -0.870. The highest BCUT2D eigenvalue weighted by Crippen LogP contribution is 2.15. The molecule has 1 fully saturated rings. The lowest BCUT2D eigenvalue weighted by Gasteiger charge is -2.28. The van der Waals surface area contributed by atoms with Gasteiger partial charge in [0.15, 0.2) is 5.76 Å². The molecule has 1 atom stereocenters. The molecule has 0 amide bonds. The van der Waals surface area contributed by atoms with Crippen LogP contribution < -0.4 is 0 Å². The summed E-state index contributed by atoms with van der Waals surface area (Å²) in [5.74, 6) is 0.486. The largest absolute Gasteiger partial charge is 0.490 e. The Bertz CT molecular complexity index is 262. The Morgan fingerprint density at radius 1 is 1.57 bits per heavy atom. The number of nitrogens with zero attached hydrogens (tertiary/aromatic N) is 1. The van der Waals surface area contributed by atoms with Crippen LogP contribution in [-0.2, 0) is 14.3 Å². The van der Waals surface area contributed by atoms with Crippen LogP contribution in [0.15, 0.2) is 11.8 Å². The van der Waals surface area contributed by atoms with Crippen LogP contribution in [0.5, 0.6) is 0 Å². The van der Waals surface area contributed by atoms with Gasteiger partial charge in [-0.15, -0.1) is 0 Å². The average molecular weight is 197 g/mol. The Morgan fingerprint density at radius 3 is 3.07 bits per heavy atom. The van der Waals surface area contributed by atoms with E-state index in [1.807, 2.05) is 13.1 Å². The summed E-state index contributed by atoms with van der Waals surface area (Å²) in [5.41, 5.74) is 0. The van der Waals surface area contributed by atoms with Gasteiger partial charge in [0.1, 0.15) is 6.10 Å². The maximum Gasteiger partial charge on any atom is 0.226 e. The van der Waals surface area contributed by atoms with Gasteiger partial charge in [-0.1, -0.05) is 0 Å². The number of rotatable bonds is 2. The number of ether oxygens (including phenoxy) is 2. The molecule has 0 radical (unpaired) electrons. The fourth-order valence-electron chi connectivity index (χ4n) is 1.68. The van der Waals surface area contributed by atoms with Crippen molar-refractivity contribution in [3.8, 4) is 0 Å². The second-order valence-electron chi connectivity index (χ2n) is 3.69. The highest BCUT2D eigenvalue weighted by atomic mass is 16.5. The smallest absolute Gasteiger partial charge is 0.226 e. The van der Waals surface area contributed by atoms with Crippen LogP contribution in [0.4, 0.5) is 0 Å². The summed E-state index contributed by atoms with van der Waals surface area (Å²) in [6, 6.07) is 0. The molecule has 0 aromatic heterocycles. The molecule has 1 saturated heterocycles. The van der Waals surface area contributed by atoms with Gasteiger partial charge >= 0.3 is 0 Å². The minimum Gasteiger partial charge on any atom is -0.490 e. The number of likely N-dealkylation sites (N-methyl/N-ethyl adjacent to an activating group) is 1. The number of morpholine rings is 1. The Morgan fingerprint density at radius 2 is 2.43 bits per heavy atom. The molecular formula is C10H15NO3. The molecule has 0 bridgehead atoms. The van der Waals surface area contributed by atoms with Crippen molar-refractivity contribution in [2.45, 2.75) is 12.5 Å². The standard InChI is InChI=1S/C10H15NO3/c1-11-4-6-14-9(7-11)10(12)8-3-2-5-13-8/h3,9H,2,4-7H2,1H3. The molecule has 2 rings (SSSR count). The summed E-state index contributed by atoms with van der Waals surface area (Å²) in [4.78, 5) is 13.9. The first kappa shape index (κ1) is 9.68. The Balaban J connectivity index is 1.96. The maximum absolute atomic E-state index is 11.8. The molecule has 0 aliphatic carbocycles. The number of carbonyl (C=O) groups excluding carboxylic acids is 1. The van der Waals surface area contributed by atoms with Gasteiger partial charge in [-0.2, -0.15) is 0 Å². The Kier molecular flexibility index (Phi) is 2.84. The quantitative estimate of drug-likeness (QED) is 0.633. The summed E-state index contributed by atoms with van der Waals surface area (Å²) in [7, 11) is 1.99. The van der Waals surface area contributed by atoms with E-state index in [0.29, 0.717) is 25.5 Å². The first-order valence-corrected chi connectivity index (χ1v) is 4.94. The van der Waals surface area contributed by atoms with Crippen molar-refractivity contribution in [3.63, 3.8) is 0 Å². The highest BCUT2D eigenvalue weighted by Gasteiger charge is 2.29. The average Bonchev–Trinajstić information content (AvgIpc) is 2.69. The zero-order valence-electron chi connectivity index (χ0n) is 8.36. The predicted molar refractivity (Wildman–Crippen MR) is 50.9 cm³/mol. The van der Waals surface area contributed by atoms with Gasteiger partial charge in [-0.25, -0.2) is 0 Å². The van der Waals surface area contributed by atoms with Crippen LogP contribution in [0.25, 0.3) is 0 Å². The summed E-state index contributed by atoms with van der Waals surface area (Å²) in [6.45, 7) is 2.81. The van der Waals surface area contributed by atoms with E-state index >= 15 is 0 Å². The van der Waals surface area contributed by atoms with E-state index in [-0.39, 0.29) is 11.9 Å². The van der Waals surface area contributed by atoms with Gasteiger partial charge in [0, 0.05) is 19.5 Å². The van der Waals surface area contributed by atoms with Crippen molar-refractivity contribution in [2.24, 2.45) is 0 Å². The lowest BCUT2D eigenvalue weighted by Crippen LogP contribution is -2.44. The number of hydrogen-bond donors (Lipinski definition) is 0. The summed E-state index contributed by atoms with van der Waals surface area (Å²) in [5, 5.41) is 0. The molecule has 0 aromatic rings. The van der Waals surface area contributed by atoms with E-state index in [1.165, 1.54) is 0 Å². The summed E-state index contributed by atoms with van der Waals surface area (Å²) < 4.78 is 10.6. The van der Waals surface area contributed by atoms with Crippen LogP contribution in [0.3, 0.4) is 0 Å². The van der Waals surface area contributed by atoms with E-state index in [2.05, 4.69) is 4.90 Å². The fourth-order valence-corrected chi connectivity index (χ4v) is 1.68. The molecule has 14 heavy (non-hydrogen) atoms. The number of carbonyl (C=O) groups is 1. The van der Waals surface area contributed by atoms with E-state index in [0.717, 1.165) is 13.0 Å². The molecule has 4 heteroatoms. The molecule has 0 spiro atoms. The second-order valence-corrected chi connectivity index (χ2v) is 3.69. The molecule has 0 N–H and O–H groups in total. The van der Waals surface area contributed by atoms with Gasteiger partial charge in [0.25, 0.3) is 0 Å². The third-order valence-electron chi connectivity index (χ3n) is 2.51. The van der Waals surface area contributed by atoms with Gasteiger partial charge in [0.2, 0.25) is 5.78 Å². The van der Waals surface area contributed by atoms with Gasteiger partial charge < -0.3 is 14.4 Å². The normalized spacial score (nSPS) is 28.4. The minimum atomic E-state index is -0.335. The van der Waals surface area contributed by atoms with Gasteiger partial charge in [-0.3, -0.25) is 4.79 Å². The highest BCUT2D eigenvalue weighted by molar-refractivity contribution is 5.97. The maximum atomic E-state index is 11.8. The van der Waals surface area contributed by atoms with Gasteiger partial charge in [0.05, 0.1) is 13.2 Å². The third-order valence-corrected chi connectivity index (χ3v) is 2.51.